The van der Waals surface area contributed by atoms with Crippen LogP contribution < -0.4 is 11.5 Å². The molecule has 2 rings (SSSR count). The molecule has 0 saturated heterocycles. The summed E-state index contributed by atoms with van der Waals surface area (Å²) in [5.74, 6) is 0. The van der Waals surface area contributed by atoms with Gasteiger partial charge in [-0.15, -0.1) is 0 Å². The van der Waals surface area contributed by atoms with Gasteiger partial charge in [0.25, 0.3) is 0 Å². The minimum Gasteiger partial charge on any atom is -0.398 e. The van der Waals surface area contributed by atoms with Gasteiger partial charge < -0.3 is 11.5 Å². The van der Waals surface area contributed by atoms with Crippen molar-refractivity contribution in [1.82, 2.24) is 0 Å². The fourth-order valence-electron chi connectivity index (χ4n) is 1.75. The zero-order chi connectivity index (χ0) is 11.7. The average Bonchev–Trinajstić information content (AvgIpc) is 2.22. The Morgan fingerprint density at radius 2 is 1.56 bits per heavy atom. The largest absolute Gasteiger partial charge is 0.398 e. The van der Waals surface area contributed by atoms with E-state index in [1.165, 1.54) is 5.56 Å². The van der Waals surface area contributed by atoms with Crippen LogP contribution in [-0.4, -0.2) is 0 Å². The molecule has 0 spiro atoms. The van der Waals surface area contributed by atoms with Crippen LogP contribution in [0.5, 0.6) is 0 Å². The maximum absolute atomic E-state index is 6.00. The Balaban J connectivity index is 2.54. The second-order valence-electron chi connectivity index (χ2n) is 4.16. The lowest BCUT2D eigenvalue weighted by molar-refractivity contribution is 1.45. The number of hydrogen-bond acceptors (Lipinski definition) is 2. The molecule has 0 aliphatic rings. The van der Waals surface area contributed by atoms with E-state index < -0.39 is 0 Å². The van der Waals surface area contributed by atoms with Gasteiger partial charge in [-0.05, 0) is 42.7 Å². The Hall–Kier alpha value is -1.96. The van der Waals surface area contributed by atoms with Crippen molar-refractivity contribution < 1.29 is 0 Å². The Bertz CT molecular complexity index is 530. The van der Waals surface area contributed by atoms with Gasteiger partial charge in [-0.25, -0.2) is 0 Å². The van der Waals surface area contributed by atoms with Crippen molar-refractivity contribution in [1.29, 1.82) is 0 Å². The van der Waals surface area contributed by atoms with Gasteiger partial charge in [-0.2, -0.15) is 0 Å². The van der Waals surface area contributed by atoms with Crippen LogP contribution in [0.25, 0.3) is 11.1 Å². The number of aryl methyl sites for hydroxylation is 2. The Morgan fingerprint density at radius 3 is 2.19 bits per heavy atom. The number of anilines is 2. The van der Waals surface area contributed by atoms with E-state index in [1.54, 1.807) is 0 Å². The first-order valence-corrected chi connectivity index (χ1v) is 5.30. The SMILES string of the molecule is Cc1ccc(-c2ccc(C)c(N)c2)c(N)c1. The molecule has 16 heavy (non-hydrogen) atoms. The first-order chi connectivity index (χ1) is 7.58. The molecule has 0 bridgehead atoms. The minimum absolute atomic E-state index is 0.795. The number of rotatable bonds is 1. The Morgan fingerprint density at radius 1 is 0.812 bits per heavy atom. The lowest BCUT2D eigenvalue weighted by atomic mass is 10.00. The maximum atomic E-state index is 6.00. The van der Waals surface area contributed by atoms with Crippen LogP contribution in [0.1, 0.15) is 11.1 Å². The monoisotopic (exact) mass is 212 g/mol. The Kier molecular flexibility index (Phi) is 2.57. The Labute approximate surface area is 95.9 Å². The van der Waals surface area contributed by atoms with Gasteiger partial charge in [0.2, 0.25) is 0 Å². The summed E-state index contributed by atoms with van der Waals surface area (Å²) in [6, 6.07) is 12.1. The fraction of sp³-hybridized carbons (Fsp3) is 0.143. The summed E-state index contributed by atoms with van der Waals surface area (Å²) in [7, 11) is 0. The van der Waals surface area contributed by atoms with Crippen LogP contribution >= 0.6 is 0 Å². The van der Waals surface area contributed by atoms with Crippen molar-refractivity contribution in [2.45, 2.75) is 13.8 Å². The lowest BCUT2D eigenvalue weighted by Crippen LogP contribution is -1.93. The molecular formula is C14H16N2. The predicted octanol–water partition coefficient (Wildman–Crippen LogP) is 3.13. The van der Waals surface area contributed by atoms with E-state index in [1.807, 2.05) is 44.2 Å². The molecular weight excluding hydrogens is 196 g/mol. The highest BCUT2D eigenvalue weighted by Gasteiger charge is 2.04. The number of nitrogen functional groups attached to an aromatic ring is 2. The average molecular weight is 212 g/mol. The first kappa shape index (κ1) is 10.6. The molecule has 0 saturated carbocycles. The van der Waals surface area contributed by atoms with Gasteiger partial charge >= 0.3 is 0 Å². The fourth-order valence-corrected chi connectivity index (χ4v) is 1.75. The summed E-state index contributed by atoms with van der Waals surface area (Å²) in [5, 5.41) is 0. The predicted molar refractivity (Wildman–Crippen MR) is 70.2 cm³/mol. The lowest BCUT2D eigenvalue weighted by Gasteiger charge is -2.09. The normalized spacial score (nSPS) is 10.4. The molecule has 2 heteroatoms. The van der Waals surface area contributed by atoms with Gasteiger partial charge in [0.05, 0.1) is 0 Å². The highest BCUT2D eigenvalue weighted by Crippen LogP contribution is 2.28. The molecule has 0 unspecified atom stereocenters. The highest BCUT2D eigenvalue weighted by atomic mass is 14.6. The van der Waals surface area contributed by atoms with E-state index in [2.05, 4.69) is 6.07 Å². The summed E-state index contributed by atoms with van der Waals surface area (Å²) in [6.45, 7) is 4.03. The van der Waals surface area contributed by atoms with E-state index >= 15 is 0 Å². The van der Waals surface area contributed by atoms with Crippen LogP contribution in [0.4, 0.5) is 11.4 Å². The summed E-state index contributed by atoms with van der Waals surface area (Å²) >= 11 is 0. The zero-order valence-corrected chi connectivity index (χ0v) is 9.62. The number of hydrogen-bond donors (Lipinski definition) is 2. The van der Waals surface area contributed by atoms with Gasteiger partial charge in [0.1, 0.15) is 0 Å². The topological polar surface area (TPSA) is 52.0 Å². The summed E-state index contributed by atoms with van der Waals surface area (Å²) in [6.07, 6.45) is 0. The van der Waals surface area contributed by atoms with Gasteiger partial charge in [0, 0.05) is 16.9 Å². The van der Waals surface area contributed by atoms with Gasteiger partial charge in [-0.3, -0.25) is 0 Å². The quantitative estimate of drug-likeness (QED) is 0.713. The number of benzene rings is 2. The molecule has 0 fully saturated rings. The molecule has 0 aliphatic heterocycles. The van der Waals surface area contributed by atoms with Crippen LogP contribution in [0.2, 0.25) is 0 Å². The van der Waals surface area contributed by atoms with Crippen LogP contribution in [0, 0.1) is 13.8 Å². The summed E-state index contributed by atoms with van der Waals surface area (Å²) < 4.78 is 0. The molecule has 82 valence electrons. The molecule has 2 aromatic carbocycles. The molecule has 0 aliphatic carbocycles. The smallest absolute Gasteiger partial charge is 0.0396 e. The zero-order valence-electron chi connectivity index (χ0n) is 9.62. The summed E-state index contributed by atoms with van der Waals surface area (Å²) in [5.41, 5.74) is 17.9. The standard InChI is InChI=1S/C14H16N2/c1-9-3-6-12(14(16)7-9)11-5-4-10(2)13(15)8-11/h3-8H,15-16H2,1-2H3. The van der Waals surface area contributed by atoms with E-state index in [-0.39, 0.29) is 0 Å². The third kappa shape index (κ3) is 1.87. The van der Waals surface area contributed by atoms with Crippen molar-refractivity contribution in [3.63, 3.8) is 0 Å². The molecule has 2 aromatic rings. The minimum atomic E-state index is 0.795. The van der Waals surface area contributed by atoms with Crippen LogP contribution in [-0.2, 0) is 0 Å². The van der Waals surface area contributed by atoms with Crippen molar-refractivity contribution in [2.24, 2.45) is 0 Å². The molecule has 0 aromatic heterocycles. The third-order valence-corrected chi connectivity index (χ3v) is 2.80. The van der Waals surface area contributed by atoms with E-state index in [4.69, 9.17) is 11.5 Å². The third-order valence-electron chi connectivity index (χ3n) is 2.80. The van der Waals surface area contributed by atoms with E-state index in [9.17, 15) is 0 Å². The van der Waals surface area contributed by atoms with Gasteiger partial charge in [-0.1, -0.05) is 24.3 Å². The van der Waals surface area contributed by atoms with Crippen LogP contribution in [0.15, 0.2) is 36.4 Å². The molecule has 0 amide bonds. The maximum Gasteiger partial charge on any atom is 0.0396 e. The van der Waals surface area contributed by atoms with Crippen molar-refractivity contribution in [2.75, 3.05) is 11.5 Å². The number of nitrogens with two attached hydrogens (primary N) is 2. The van der Waals surface area contributed by atoms with Crippen molar-refractivity contribution >= 4 is 11.4 Å². The molecule has 4 N–H and O–H groups in total. The summed E-state index contributed by atoms with van der Waals surface area (Å²) in [4.78, 5) is 0. The van der Waals surface area contributed by atoms with E-state index in [0.29, 0.717) is 0 Å². The molecule has 0 radical (unpaired) electrons. The first-order valence-electron chi connectivity index (χ1n) is 5.30. The molecule has 2 nitrogen and oxygen atoms in total. The van der Waals surface area contributed by atoms with Crippen LogP contribution in [0.3, 0.4) is 0 Å². The highest BCUT2D eigenvalue weighted by molar-refractivity contribution is 5.79. The van der Waals surface area contributed by atoms with Gasteiger partial charge in [0.15, 0.2) is 0 Å². The second-order valence-corrected chi connectivity index (χ2v) is 4.16. The second kappa shape index (κ2) is 3.89. The van der Waals surface area contributed by atoms with Crippen molar-refractivity contribution in [3.8, 4) is 11.1 Å². The van der Waals surface area contributed by atoms with E-state index in [0.717, 1.165) is 28.1 Å². The molecule has 0 atom stereocenters. The van der Waals surface area contributed by atoms with Crippen molar-refractivity contribution in [3.05, 3.63) is 47.5 Å². The molecule has 0 heterocycles.